The van der Waals surface area contributed by atoms with E-state index in [2.05, 4.69) is 11.6 Å². The van der Waals surface area contributed by atoms with E-state index in [1.165, 1.54) is 0 Å². The van der Waals surface area contributed by atoms with Crippen molar-refractivity contribution in [3.8, 4) is 0 Å². The molecule has 0 aliphatic rings. The van der Waals surface area contributed by atoms with Gasteiger partial charge in [-0.25, -0.2) is 0 Å². The Kier molecular flexibility index (Phi) is 1.81. The Hall–Kier alpha value is -2.10. The van der Waals surface area contributed by atoms with Gasteiger partial charge >= 0.3 is 0 Å². The third-order valence-electron chi connectivity index (χ3n) is 2.12. The molecule has 0 unspecified atom stereocenters. The normalized spacial score (nSPS) is 10.3. The van der Waals surface area contributed by atoms with E-state index in [-0.39, 0.29) is 5.70 Å². The second-order valence-corrected chi connectivity index (χ2v) is 2.95. The molecule has 4 nitrogen and oxygen atoms in total. The van der Waals surface area contributed by atoms with Crippen molar-refractivity contribution in [1.29, 1.82) is 0 Å². The van der Waals surface area contributed by atoms with Crippen LogP contribution in [0.5, 0.6) is 0 Å². The van der Waals surface area contributed by atoms with Crippen LogP contribution in [0, 0.1) is 10.1 Å². The molecule has 4 heteroatoms. The number of para-hydroxylation sites is 1. The molecule has 0 aliphatic heterocycles. The highest BCUT2D eigenvalue weighted by Crippen LogP contribution is 2.23. The van der Waals surface area contributed by atoms with Gasteiger partial charge in [0.05, 0.1) is 10.5 Å². The summed E-state index contributed by atoms with van der Waals surface area (Å²) in [6.45, 7) is 3.43. The first-order valence-electron chi connectivity index (χ1n) is 4.10. The molecule has 0 aliphatic carbocycles. The van der Waals surface area contributed by atoms with Crippen LogP contribution in [0.25, 0.3) is 16.6 Å². The van der Waals surface area contributed by atoms with Crippen LogP contribution in [0.2, 0.25) is 0 Å². The van der Waals surface area contributed by atoms with E-state index in [1.54, 1.807) is 6.20 Å². The molecule has 0 saturated carbocycles. The van der Waals surface area contributed by atoms with Gasteiger partial charge in [-0.3, -0.25) is 10.1 Å². The molecule has 70 valence electrons. The average Bonchev–Trinajstić information content (AvgIpc) is 2.60. The summed E-state index contributed by atoms with van der Waals surface area (Å²) in [5.41, 5.74) is 1.35. The standard InChI is InChI=1S/C10H8N2O2/c1-7(12(13)14)9-6-11-10-5-3-2-4-8(9)10/h2-6,11H,1H2. The van der Waals surface area contributed by atoms with Gasteiger partial charge in [-0.15, -0.1) is 0 Å². The second kappa shape index (κ2) is 2.99. The van der Waals surface area contributed by atoms with E-state index >= 15 is 0 Å². The minimum atomic E-state index is -0.477. The number of nitro groups is 1. The molecule has 0 radical (unpaired) electrons. The molecule has 2 aromatic rings. The maximum absolute atomic E-state index is 10.5. The van der Waals surface area contributed by atoms with Crippen molar-refractivity contribution in [3.05, 3.63) is 52.7 Å². The summed E-state index contributed by atoms with van der Waals surface area (Å²) < 4.78 is 0. The van der Waals surface area contributed by atoms with Crippen LogP contribution >= 0.6 is 0 Å². The van der Waals surface area contributed by atoms with Crippen molar-refractivity contribution < 1.29 is 4.92 Å². The van der Waals surface area contributed by atoms with Crippen LogP contribution in [0.15, 0.2) is 37.0 Å². The molecule has 0 saturated heterocycles. The summed E-state index contributed by atoms with van der Waals surface area (Å²) in [6, 6.07) is 7.41. The van der Waals surface area contributed by atoms with Gasteiger partial charge in [0.1, 0.15) is 0 Å². The van der Waals surface area contributed by atoms with Crippen LogP contribution in [-0.2, 0) is 0 Å². The number of benzene rings is 1. The summed E-state index contributed by atoms with van der Waals surface area (Å²) >= 11 is 0. The number of aromatic amines is 1. The molecule has 0 fully saturated rings. The van der Waals surface area contributed by atoms with Crippen molar-refractivity contribution >= 4 is 16.6 Å². The molecule has 1 heterocycles. The van der Waals surface area contributed by atoms with Crippen molar-refractivity contribution in [2.45, 2.75) is 0 Å². The summed E-state index contributed by atoms with van der Waals surface area (Å²) in [5.74, 6) is 0. The Morgan fingerprint density at radius 2 is 2.14 bits per heavy atom. The summed E-state index contributed by atoms with van der Waals surface area (Å²) in [7, 11) is 0. The number of aromatic nitrogens is 1. The predicted octanol–water partition coefficient (Wildman–Crippen LogP) is 2.42. The Bertz CT molecular complexity index is 514. The monoisotopic (exact) mass is 188 g/mol. The highest BCUT2D eigenvalue weighted by Gasteiger charge is 2.14. The highest BCUT2D eigenvalue weighted by atomic mass is 16.6. The van der Waals surface area contributed by atoms with E-state index in [4.69, 9.17) is 0 Å². The number of H-pyrrole nitrogens is 1. The van der Waals surface area contributed by atoms with Crippen LogP contribution in [0.3, 0.4) is 0 Å². The summed E-state index contributed by atoms with van der Waals surface area (Å²) in [4.78, 5) is 13.0. The number of nitrogens with zero attached hydrogens (tertiary/aromatic N) is 1. The molecular formula is C10H8N2O2. The Morgan fingerprint density at radius 3 is 2.86 bits per heavy atom. The molecule has 1 aromatic carbocycles. The Labute approximate surface area is 80.0 Å². The van der Waals surface area contributed by atoms with Crippen LogP contribution in [0.1, 0.15) is 5.56 Å². The van der Waals surface area contributed by atoms with Crippen molar-refractivity contribution in [3.63, 3.8) is 0 Å². The van der Waals surface area contributed by atoms with Gasteiger partial charge in [-0.1, -0.05) is 18.2 Å². The quantitative estimate of drug-likeness (QED) is 0.581. The minimum Gasteiger partial charge on any atom is -0.360 e. The second-order valence-electron chi connectivity index (χ2n) is 2.95. The number of hydrogen-bond acceptors (Lipinski definition) is 2. The van der Waals surface area contributed by atoms with Crippen molar-refractivity contribution in [1.82, 2.24) is 4.98 Å². The lowest BCUT2D eigenvalue weighted by molar-refractivity contribution is -0.374. The maximum Gasteiger partial charge on any atom is 0.271 e. The van der Waals surface area contributed by atoms with Crippen LogP contribution in [-0.4, -0.2) is 9.91 Å². The molecule has 1 aromatic heterocycles. The topological polar surface area (TPSA) is 58.9 Å². The smallest absolute Gasteiger partial charge is 0.271 e. The first-order chi connectivity index (χ1) is 6.70. The lowest BCUT2D eigenvalue weighted by Crippen LogP contribution is -1.94. The number of fused-ring (bicyclic) bond motifs is 1. The van der Waals surface area contributed by atoms with E-state index < -0.39 is 4.92 Å². The van der Waals surface area contributed by atoms with E-state index in [9.17, 15) is 10.1 Å². The fourth-order valence-electron chi connectivity index (χ4n) is 1.41. The van der Waals surface area contributed by atoms with Gasteiger partial charge < -0.3 is 4.98 Å². The summed E-state index contributed by atoms with van der Waals surface area (Å²) in [6.07, 6.45) is 1.61. The van der Waals surface area contributed by atoms with Gasteiger partial charge in [0, 0.05) is 17.1 Å². The van der Waals surface area contributed by atoms with Gasteiger partial charge in [-0.2, -0.15) is 0 Å². The van der Waals surface area contributed by atoms with Crippen LogP contribution in [0.4, 0.5) is 0 Å². The van der Waals surface area contributed by atoms with Gasteiger partial charge in [-0.05, 0) is 12.6 Å². The SMILES string of the molecule is C=C(c1c[nH]c2ccccc12)[N+](=O)[O-]. The fourth-order valence-corrected chi connectivity index (χ4v) is 1.41. The van der Waals surface area contributed by atoms with Gasteiger partial charge in [0.15, 0.2) is 0 Å². The molecular weight excluding hydrogens is 180 g/mol. The van der Waals surface area contributed by atoms with Gasteiger partial charge in [0.25, 0.3) is 5.70 Å². The first-order valence-corrected chi connectivity index (χ1v) is 4.10. The largest absolute Gasteiger partial charge is 0.360 e. The van der Waals surface area contributed by atoms with Crippen molar-refractivity contribution in [2.75, 3.05) is 0 Å². The fraction of sp³-hybridized carbons (Fsp3) is 0. The number of hydrogen-bond donors (Lipinski definition) is 1. The maximum atomic E-state index is 10.5. The molecule has 1 N–H and O–H groups in total. The zero-order chi connectivity index (χ0) is 10.1. The Morgan fingerprint density at radius 1 is 1.43 bits per heavy atom. The van der Waals surface area contributed by atoms with Crippen molar-refractivity contribution in [2.24, 2.45) is 0 Å². The Balaban J connectivity index is 2.64. The predicted molar refractivity (Wildman–Crippen MR) is 54.3 cm³/mol. The zero-order valence-corrected chi connectivity index (χ0v) is 7.36. The molecule has 0 spiro atoms. The number of rotatable bonds is 2. The molecule has 0 amide bonds. The minimum absolute atomic E-state index is 0.0811. The molecule has 2 rings (SSSR count). The van der Waals surface area contributed by atoms with E-state index in [0.29, 0.717) is 5.56 Å². The van der Waals surface area contributed by atoms with E-state index in [1.807, 2.05) is 24.3 Å². The third kappa shape index (κ3) is 1.17. The highest BCUT2D eigenvalue weighted by molar-refractivity contribution is 5.90. The first kappa shape index (κ1) is 8.50. The molecule has 14 heavy (non-hydrogen) atoms. The number of nitrogens with one attached hydrogen (secondary N) is 1. The summed E-state index contributed by atoms with van der Waals surface area (Å²) in [5, 5.41) is 11.4. The van der Waals surface area contributed by atoms with Gasteiger partial charge in [0.2, 0.25) is 0 Å². The average molecular weight is 188 g/mol. The zero-order valence-electron chi connectivity index (χ0n) is 7.36. The lowest BCUT2D eigenvalue weighted by Gasteiger charge is -1.93. The molecule has 0 bridgehead atoms. The molecule has 0 atom stereocenters. The van der Waals surface area contributed by atoms with E-state index in [0.717, 1.165) is 10.9 Å². The lowest BCUT2D eigenvalue weighted by atomic mass is 10.1. The third-order valence-corrected chi connectivity index (χ3v) is 2.12. The van der Waals surface area contributed by atoms with Crippen LogP contribution < -0.4 is 0 Å².